The zero-order valence-electron chi connectivity index (χ0n) is 20.7. The summed E-state index contributed by atoms with van der Waals surface area (Å²) in [5.41, 5.74) is 3.07. The summed E-state index contributed by atoms with van der Waals surface area (Å²) >= 11 is 0. The van der Waals surface area contributed by atoms with E-state index in [0.29, 0.717) is 19.8 Å². The standard InChI is InChI=1S/C31H34O5/c1-3-4-20-29(34-21-26-14-8-5-9-15-26)31(36-23-28-18-12-7-13-19-28)30(24-33-25(2)32)35-22-27-16-10-6-11-17-27/h3-20,29-31H,1,21-24H2,2H3/b20-4-/t29-,30-,31+/m1/s1. The van der Waals surface area contributed by atoms with Gasteiger partial charge in [-0.3, -0.25) is 4.79 Å². The molecular weight excluding hydrogens is 452 g/mol. The van der Waals surface area contributed by atoms with Crippen molar-refractivity contribution in [2.45, 2.75) is 45.1 Å². The van der Waals surface area contributed by atoms with Crippen LogP contribution in [0, 0.1) is 0 Å². The quantitative estimate of drug-likeness (QED) is 0.193. The number of ether oxygens (including phenoxy) is 4. The monoisotopic (exact) mass is 486 g/mol. The molecule has 188 valence electrons. The van der Waals surface area contributed by atoms with Gasteiger partial charge in [-0.1, -0.05) is 116 Å². The first-order valence-corrected chi connectivity index (χ1v) is 12.0. The molecule has 0 radical (unpaired) electrons. The van der Waals surface area contributed by atoms with E-state index in [-0.39, 0.29) is 12.6 Å². The molecule has 0 saturated carbocycles. The highest BCUT2D eigenvalue weighted by molar-refractivity contribution is 5.65. The van der Waals surface area contributed by atoms with E-state index in [2.05, 4.69) is 6.58 Å². The number of carbonyl (C=O) groups is 1. The number of allylic oxidation sites excluding steroid dienone is 2. The minimum atomic E-state index is -0.576. The predicted octanol–water partition coefficient (Wildman–Crippen LogP) is 6.05. The summed E-state index contributed by atoms with van der Waals surface area (Å²) in [5.74, 6) is -0.381. The van der Waals surface area contributed by atoms with Crippen LogP contribution in [0.15, 0.2) is 116 Å². The van der Waals surface area contributed by atoms with Crippen molar-refractivity contribution in [2.24, 2.45) is 0 Å². The van der Waals surface area contributed by atoms with Gasteiger partial charge in [0.2, 0.25) is 0 Å². The maximum absolute atomic E-state index is 11.7. The second kappa shape index (κ2) is 15.5. The summed E-state index contributed by atoms with van der Waals surface area (Å²) in [6.45, 7) is 6.30. The molecule has 0 aliphatic heterocycles. The lowest BCUT2D eigenvalue weighted by Gasteiger charge is -2.32. The van der Waals surface area contributed by atoms with Gasteiger partial charge in [-0.25, -0.2) is 0 Å². The van der Waals surface area contributed by atoms with E-state index in [4.69, 9.17) is 18.9 Å². The number of hydrogen-bond donors (Lipinski definition) is 0. The number of benzene rings is 3. The molecule has 36 heavy (non-hydrogen) atoms. The van der Waals surface area contributed by atoms with Gasteiger partial charge in [-0.2, -0.15) is 0 Å². The molecule has 0 fully saturated rings. The van der Waals surface area contributed by atoms with Gasteiger partial charge in [-0.05, 0) is 16.7 Å². The molecule has 0 saturated heterocycles. The first-order chi connectivity index (χ1) is 17.7. The van der Waals surface area contributed by atoms with Crippen LogP contribution < -0.4 is 0 Å². The SMILES string of the molecule is C=C/C=C\[C@@H](OCc1ccccc1)[C@H](OCc1ccccc1)[C@@H](COC(C)=O)OCc1ccccc1. The predicted molar refractivity (Wildman–Crippen MR) is 141 cm³/mol. The lowest BCUT2D eigenvalue weighted by molar-refractivity contribution is -0.167. The normalized spacial score (nSPS) is 13.7. The van der Waals surface area contributed by atoms with E-state index in [1.54, 1.807) is 6.08 Å². The van der Waals surface area contributed by atoms with Crippen molar-refractivity contribution < 1.29 is 23.7 Å². The molecule has 0 unspecified atom stereocenters. The maximum Gasteiger partial charge on any atom is 0.302 e. The molecule has 3 atom stereocenters. The topological polar surface area (TPSA) is 54.0 Å². The van der Waals surface area contributed by atoms with Crippen molar-refractivity contribution in [2.75, 3.05) is 6.61 Å². The second-order valence-electron chi connectivity index (χ2n) is 8.28. The highest BCUT2D eigenvalue weighted by Crippen LogP contribution is 2.20. The average Bonchev–Trinajstić information content (AvgIpc) is 2.92. The van der Waals surface area contributed by atoms with Crippen LogP contribution in [-0.2, 0) is 43.6 Å². The zero-order valence-corrected chi connectivity index (χ0v) is 20.7. The largest absolute Gasteiger partial charge is 0.463 e. The van der Waals surface area contributed by atoms with Gasteiger partial charge in [0.1, 0.15) is 24.9 Å². The second-order valence-corrected chi connectivity index (χ2v) is 8.28. The lowest BCUT2D eigenvalue weighted by atomic mass is 10.1. The molecule has 0 amide bonds. The van der Waals surface area contributed by atoms with Crippen LogP contribution in [0.3, 0.4) is 0 Å². The Balaban J connectivity index is 1.86. The Labute approximate surface area is 214 Å². The number of rotatable bonds is 15. The van der Waals surface area contributed by atoms with Crippen molar-refractivity contribution in [3.8, 4) is 0 Å². The molecule has 0 bridgehead atoms. The summed E-state index contributed by atoms with van der Waals surface area (Å²) in [4.78, 5) is 11.7. The molecule has 0 heterocycles. The number of carbonyl (C=O) groups excluding carboxylic acids is 1. The summed E-state index contributed by atoms with van der Waals surface area (Å²) in [5, 5.41) is 0. The van der Waals surface area contributed by atoms with Gasteiger partial charge in [0, 0.05) is 6.92 Å². The third kappa shape index (κ3) is 9.62. The molecule has 0 aliphatic carbocycles. The van der Waals surface area contributed by atoms with Crippen LogP contribution in [0.5, 0.6) is 0 Å². The molecule has 5 nitrogen and oxygen atoms in total. The van der Waals surface area contributed by atoms with E-state index in [1.165, 1.54) is 6.92 Å². The molecular formula is C31H34O5. The van der Waals surface area contributed by atoms with Crippen molar-refractivity contribution in [3.63, 3.8) is 0 Å². The Morgan fingerprint density at radius 2 is 1.22 bits per heavy atom. The van der Waals surface area contributed by atoms with Gasteiger partial charge in [0.15, 0.2) is 0 Å². The number of hydrogen-bond acceptors (Lipinski definition) is 5. The highest BCUT2D eigenvalue weighted by atomic mass is 16.6. The molecule has 0 N–H and O–H groups in total. The first-order valence-electron chi connectivity index (χ1n) is 12.0. The van der Waals surface area contributed by atoms with Gasteiger partial charge in [0.25, 0.3) is 0 Å². The van der Waals surface area contributed by atoms with Crippen LogP contribution in [-0.4, -0.2) is 30.9 Å². The average molecular weight is 487 g/mol. The van der Waals surface area contributed by atoms with Crippen LogP contribution in [0.2, 0.25) is 0 Å². The molecule has 0 aliphatic rings. The molecule has 0 spiro atoms. The Hall–Kier alpha value is -3.51. The van der Waals surface area contributed by atoms with Gasteiger partial charge in [-0.15, -0.1) is 0 Å². The summed E-state index contributed by atoms with van der Waals surface area (Å²) < 4.78 is 24.5. The van der Waals surface area contributed by atoms with Crippen LogP contribution in [0.25, 0.3) is 0 Å². The van der Waals surface area contributed by atoms with Crippen LogP contribution in [0.1, 0.15) is 23.6 Å². The van der Waals surface area contributed by atoms with Crippen LogP contribution in [0.4, 0.5) is 0 Å². The van der Waals surface area contributed by atoms with Gasteiger partial charge >= 0.3 is 5.97 Å². The minimum Gasteiger partial charge on any atom is -0.463 e. The first kappa shape index (κ1) is 27.1. The zero-order chi connectivity index (χ0) is 25.4. The Bertz CT molecular complexity index is 1050. The highest BCUT2D eigenvalue weighted by Gasteiger charge is 2.32. The van der Waals surface area contributed by atoms with E-state index >= 15 is 0 Å². The van der Waals surface area contributed by atoms with Crippen molar-refractivity contribution in [1.82, 2.24) is 0 Å². The smallest absolute Gasteiger partial charge is 0.302 e. The Kier molecular flexibility index (Phi) is 11.6. The molecule has 0 aromatic heterocycles. The summed E-state index contributed by atoms with van der Waals surface area (Å²) in [6, 6.07) is 29.7. The third-order valence-electron chi connectivity index (χ3n) is 5.46. The summed E-state index contributed by atoms with van der Waals surface area (Å²) in [6.07, 6.45) is 3.80. The molecule has 3 rings (SSSR count). The fraction of sp³-hybridized carbons (Fsp3) is 0.258. The molecule has 5 heteroatoms. The Morgan fingerprint density at radius 1 is 0.750 bits per heavy atom. The third-order valence-corrected chi connectivity index (χ3v) is 5.46. The van der Waals surface area contributed by atoms with Crippen molar-refractivity contribution in [1.29, 1.82) is 0 Å². The van der Waals surface area contributed by atoms with E-state index < -0.39 is 18.3 Å². The number of esters is 1. The minimum absolute atomic E-state index is 0.0365. The van der Waals surface area contributed by atoms with E-state index in [1.807, 2.05) is 103 Å². The molecule has 3 aromatic rings. The van der Waals surface area contributed by atoms with Gasteiger partial charge in [0.05, 0.1) is 19.8 Å². The maximum atomic E-state index is 11.7. The Morgan fingerprint density at radius 3 is 1.69 bits per heavy atom. The molecule has 3 aromatic carbocycles. The van der Waals surface area contributed by atoms with Crippen LogP contribution >= 0.6 is 0 Å². The summed E-state index contributed by atoms with van der Waals surface area (Å²) in [7, 11) is 0. The fourth-order valence-corrected chi connectivity index (χ4v) is 3.61. The van der Waals surface area contributed by atoms with Crippen molar-refractivity contribution in [3.05, 3.63) is 132 Å². The van der Waals surface area contributed by atoms with Gasteiger partial charge < -0.3 is 18.9 Å². The fourth-order valence-electron chi connectivity index (χ4n) is 3.61. The van der Waals surface area contributed by atoms with E-state index in [9.17, 15) is 4.79 Å². The lowest BCUT2D eigenvalue weighted by Crippen LogP contribution is -2.44. The van der Waals surface area contributed by atoms with E-state index in [0.717, 1.165) is 16.7 Å². The van der Waals surface area contributed by atoms with Crippen molar-refractivity contribution >= 4 is 5.97 Å².